The van der Waals surface area contributed by atoms with Gasteiger partial charge in [-0.2, -0.15) is 5.01 Å². The standard InChI is InChI=1S/C8H7N5O3/c14-13(15)12-5-11(9-10-12)8-6-3-1-2-4-7(6)16-8/h1-4,8H,5H2. The van der Waals surface area contributed by atoms with Gasteiger partial charge < -0.3 is 14.9 Å². The Morgan fingerprint density at radius 3 is 2.94 bits per heavy atom. The van der Waals surface area contributed by atoms with Gasteiger partial charge in [-0.1, -0.05) is 12.1 Å². The fourth-order valence-electron chi connectivity index (χ4n) is 1.63. The van der Waals surface area contributed by atoms with Crippen LogP contribution in [0.3, 0.4) is 0 Å². The first kappa shape index (κ1) is 8.89. The van der Waals surface area contributed by atoms with Crippen LogP contribution in [0.5, 0.6) is 5.75 Å². The highest BCUT2D eigenvalue weighted by Gasteiger charge is 2.40. The predicted octanol–water partition coefficient (Wildman–Crippen LogP) is 1.13. The highest BCUT2D eigenvalue weighted by Crippen LogP contribution is 2.41. The minimum Gasteiger partial charge on any atom is -0.464 e. The van der Waals surface area contributed by atoms with Crippen LogP contribution in [0.2, 0.25) is 0 Å². The molecule has 82 valence electrons. The quantitative estimate of drug-likeness (QED) is 0.552. The normalized spacial score (nSPS) is 21.4. The molecule has 0 radical (unpaired) electrons. The summed E-state index contributed by atoms with van der Waals surface area (Å²) in [5.41, 5.74) is 0.964. The molecule has 16 heavy (non-hydrogen) atoms. The Morgan fingerprint density at radius 2 is 2.25 bits per heavy atom. The molecule has 2 aliphatic rings. The third-order valence-electron chi connectivity index (χ3n) is 2.41. The van der Waals surface area contributed by atoms with E-state index in [1.807, 2.05) is 24.3 Å². The van der Waals surface area contributed by atoms with Crippen molar-refractivity contribution < 1.29 is 9.77 Å². The lowest BCUT2D eigenvalue weighted by Crippen LogP contribution is -2.37. The van der Waals surface area contributed by atoms with Gasteiger partial charge in [-0.15, -0.1) is 0 Å². The molecule has 0 aliphatic carbocycles. The molecule has 1 atom stereocenters. The van der Waals surface area contributed by atoms with Gasteiger partial charge in [0.2, 0.25) is 12.9 Å². The Balaban J connectivity index is 1.75. The number of hydrogen-bond donors (Lipinski definition) is 0. The number of nitrogens with zero attached hydrogens (tertiary/aromatic N) is 5. The lowest BCUT2D eigenvalue weighted by atomic mass is 10.1. The number of benzene rings is 1. The van der Waals surface area contributed by atoms with Crippen LogP contribution in [0.15, 0.2) is 34.7 Å². The van der Waals surface area contributed by atoms with E-state index in [4.69, 9.17) is 4.74 Å². The Labute approximate surface area is 89.8 Å². The maximum absolute atomic E-state index is 10.4. The zero-order valence-corrected chi connectivity index (χ0v) is 8.05. The summed E-state index contributed by atoms with van der Waals surface area (Å²) in [6.45, 7) is -0.00794. The van der Waals surface area contributed by atoms with E-state index in [0.717, 1.165) is 11.3 Å². The van der Waals surface area contributed by atoms with Gasteiger partial charge >= 0.3 is 0 Å². The molecule has 0 aromatic heterocycles. The summed E-state index contributed by atoms with van der Waals surface area (Å²) in [6.07, 6.45) is -0.370. The van der Waals surface area contributed by atoms with E-state index in [9.17, 15) is 10.1 Å². The van der Waals surface area contributed by atoms with E-state index in [2.05, 4.69) is 10.4 Å². The van der Waals surface area contributed by atoms with Crippen molar-refractivity contribution in [1.29, 1.82) is 0 Å². The summed E-state index contributed by atoms with van der Waals surface area (Å²) >= 11 is 0. The van der Waals surface area contributed by atoms with E-state index in [1.54, 1.807) is 0 Å². The summed E-state index contributed by atoms with van der Waals surface area (Å²) in [5, 5.41) is 19.0. The van der Waals surface area contributed by atoms with Crippen molar-refractivity contribution in [2.45, 2.75) is 6.23 Å². The first-order chi connectivity index (χ1) is 7.75. The fraction of sp³-hybridized carbons (Fsp3) is 0.250. The monoisotopic (exact) mass is 221 g/mol. The highest BCUT2D eigenvalue weighted by atomic mass is 16.7. The fourth-order valence-corrected chi connectivity index (χ4v) is 1.63. The summed E-state index contributed by atoms with van der Waals surface area (Å²) in [6, 6.07) is 7.48. The number of hydrogen-bond acceptors (Lipinski definition) is 6. The SMILES string of the molecule is O=[N+]([O-])N1CN(C2Oc3ccccc32)N=N1. The average molecular weight is 221 g/mol. The second-order valence-corrected chi connectivity index (χ2v) is 3.38. The van der Waals surface area contributed by atoms with Crippen LogP contribution in [-0.2, 0) is 0 Å². The van der Waals surface area contributed by atoms with Gasteiger partial charge in [-0.3, -0.25) is 0 Å². The third-order valence-corrected chi connectivity index (χ3v) is 2.41. The summed E-state index contributed by atoms with van der Waals surface area (Å²) in [5.74, 6) is 0.780. The minimum atomic E-state index is -0.617. The van der Waals surface area contributed by atoms with Crippen LogP contribution in [-0.4, -0.2) is 21.8 Å². The maximum atomic E-state index is 10.4. The summed E-state index contributed by atoms with van der Waals surface area (Å²) in [4.78, 5) is 10.4. The molecule has 2 aliphatic heterocycles. The first-order valence-electron chi connectivity index (χ1n) is 4.61. The maximum Gasteiger partial charge on any atom is 0.222 e. The average Bonchev–Trinajstić information content (AvgIpc) is 2.69. The van der Waals surface area contributed by atoms with Crippen molar-refractivity contribution in [3.8, 4) is 5.75 Å². The molecule has 0 saturated carbocycles. The summed E-state index contributed by atoms with van der Waals surface area (Å²) in [7, 11) is 0. The molecule has 1 aromatic carbocycles. The molecule has 0 bridgehead atoms. The van der Waals surface area contributed by atoms with Crippen LogP contribution in [0, 0.1) is 10.1 Å². The van der Waals surface area contributed by atoms with E-state index in [0.29, 0.717) is 5.12 Å². The predicted molar refractivity (Wildman–Crippen MR) is 50.2 cm³/mol. The van der Waals surface area contributed by atoms with E-state index >= 15 is 0 Å². The van der Waals surface area contributed by atoms with Crippen molar-refractivity contribution in [1.82, 2.24) is 10.1 Å². The second kappa shape index (κ2) is 3.05. The number of nitro groups is 1. The van der Waals surface area contributed by atoms with Crippen LogP contribution in [0.25, 0.3) is 0 Å². The van der Waals surface area contributed by atoms with Crippen LogP contribution < -0.4 is 4.74 Å². The first-order valence-corrected chi connectivity index (χ1v) is 4.61. The van der Waals surface area contributed by atoms with Gasteiger partial charge in [-0.05, 0) is 12.1 Å². The van der Waals surface area contributed by atoms with E-state index < -0.39 is 5.03 Å². The Hall–Kier alpha value is -2.38. The zero-order chi connectivity index (χ0) is 11.1. The lowest BCUT2D eigenvalue weighted by Gasteiger charge is -2.33. The van der Waals surface area contributed by atoms with Gasteiger partial charge in [0.25, 0.3) is 0 Å². The number of ether oxygens (including phenoxy) is 1. The molecule has 0 spiro atoms. The van der Waals surface area contributed by atoms with Crippen molar-refractivity contribution in [3.05, 3.63) is 39.9 Å². The number of fused-ring (bicyclic) bond motifs is 1. The molecule has 0 fully saturated rings. The number of para-hydroxylation sites is 1. The van der Waals surface area contributed by atoms with Crippen molar-refractivity contribution in [3.63, 3.8) is 0 Å². The van der Waals surface area contributed by atoms with Gasteiger partial charge in [0.1, 0.15) is 5.75 Å². The van der Waals surface area contributed by atoms with Crippen LogP contribution in [0.1, 0.15) is 11.8 Å². The molecule has 0 amide bonds. The largest absolute Gasteiger partial charge is 0.464 e. The Morgan fingerprint density at radius 1 is 1.44 bits per heavy atom. The molecule has 0 N–H and O–H groups in total. The van der Waals surface area contributed by atoms with Crippen molar-refractivity contribution in [2.24, 2.45) is 10.4 Å². The molecule has 1 unspecified atom stereocenters. The van der Waals surface area contributed by atoms with Gasteiger partial charge in [0, 0.05) is 5.12 Å². The van der Waals surface area contributed by atoms with Crippen LogP contribution in [0.4, 0.5) is 0 Å². The smallest absolute Gasteiger partial charge is 0.222 e. The molecule has 0 saturated heterocycles. The number of rotatable bonds is 2. The Kier molecular flexibility index (Phi) is 1.70. The van der Waals surface area contributed by atoms with Crippen molar-refractivity contribution >= 4 is 0 Å². The molecule has 8 heteroatoms. The molecular weight excluding hydrogens is 214 g/mol. The minimum absolute atomic E-state index is 0.00794. The molecule has 2 heterocycles. The zero-order valence-electron chi connectivity index (χ0n) is 8.05. The van der Waals surface area contributed by atoms with E-state index in [-0.39, 0.29) is 12.9 Å². The van der Waals surface area contributed by atoms with Crippen LogP contribution >= 0.6 is 0 Å². The lowest BCUT2D eigenvalue weighted by molar-refractivity contribution is -0.658. The second-order valence-electron chi connectivity index (χ2n) is 3.38. The summed E-state index contributed by atoms with van der Waals surface area (Å²) < 4.78 is 5.42. The molecule has 1 aromatic rings. The van der Waals surface area contributed by atoms with Gasteiger partial charge in [0.15, 0.2) is 5.22 Å². The topological polar surface area (TPSA) is 83.6 Å². The molecule has 3 rings (SSSR count). The molecule has 8 nitrogen and oxygen atoms in total. The third kappa shape index (κ3) is 1.16. The van der Waals surface area contributed by atoms with Gasteiger partial charge in [0.05, 0.1) is 15.8 Å². The Bertz CT molecular complexity index is 476. The van der Waals surface area contributed by atoms with Gasteiger partial charge in [-0.25, -0.2) is 0 Å². The van der Waals surface area contributed by atoms with E-state index in [1.165, 1.54) is 5.01 Å². The van der Waals surface area contributed by atoms with Crippen molar-refractivity contribution in [2.75, 3.05) is 6.67 Å². The molecular formula is C8H7N5O3. The number of hydrazine groups is 1. The highest BCUT2D eigenvalue weighted by molar-refractivity contribution is 5.41.